The summed E-state index contributed by atoms with van der Waals surface area (Å²) in [6.45, 7) is 4.77. The highest BCUT2D eigenvalue weighted by Crippen LogP contribution is 2.13. The zero-order valence-corrected chi connectivity index (χ0v) is 7.55. The normalized spacial score (nSPS) is 15.5. The van der Waals surface area contributed by atoms with E-state index >= 15 is 0 Å². The van der Waals surface area contributed by atoms with Crippen LogP contribution in [0.25, 0.3) is 0 Å². The quantitative estimate of drug-likeness (QED) is 0.661. The zero-order chi connectivity index (χ0) is 9.68. The molecule has 0 aromatic carbocycles. The van der Waals surface area contributed by atoms with Crippen molar-refractivity contribution in [1.82, 2.24) is 5.32 Å². The van der Waals surface area contributed by atoms with Gasteiger partial charge < -0.3 is 11.1 Å². The van der Waals surface area contributed by atoms with Crippen LogP contribution in [0.1, 0.15) is 6.42 Å². The highest BCUT2D eigenvalue weighted by molar-refractivity contribution is 5.96. The van der Waals surface area contributed by atoms with Crippen molar-refractivity contribution in [1.29, 1.82) is 0 Å². The van der Waals surface area contributed by atoms with Crippen LogP contribution in [0.15, 0.2) is 36.0 Å². The molecule has 3 N–H and O–H groups in total. The van der Waals surface area contributed by atoms with Gasteiger partial charge in [0, 0.05) is 18.7 Å². The maximum Gasteiger partial charge on any atom is 0.251 e. The van der Waals surface area contributed by atoms with Gasteiger partial charge in [0.2, 0.25) is 0 Å². The van der Waals surface area contributed by atoms with E-state index in [2.05, 4.69) is 11.9 Å². The summed E-state index contributed by atoms with van der Waals surface area (Å²) in [7, 11) is 0. The third-order valence-electron chi connectivity index (χ3n) is 1.77. The van der Waals surface area contributed by atoms with Crippen LogP contribution >= 0.6 is 0 Å². The fraction of sp³-hybridized carbons (Fsp3) is 0.300. The minimum atomic E-state index is -0.0609. The third kappa shape index (κ3) is 2.87. The third-order valence-corrected chi connectivity index (χ3v) is 1.77. The molecular formula is C10H14N2O. The fourth-order valence-electron chi connectivity index (χ4n) is 1.04. The van der Waals surface area contributed by atoms with Gasteiger partial charge in [0.25, 0.3) is 5.91 Å². The van der Waals surface area contributed by atoms with Crippen LogP contribution in [-0.2, 0) is 4.79 Å². The summed E-state index contributed by atoms with van der Waals surface area (Å²) in [5.74, 6) is -0.0609. The summed E-state index contributed by atoms with van der Waals surface area (Å²) in [5, 5.41) is 2.70. The van der Waals surface area contributed by atoms with Gasteiger partial charge >= 0.3 is 0 Å². The minimum Gasteiger partial charge on any atom is -0.351 e. The number of nitrogens with one attached hydrogen (secondary N) is 1. The fourth-order valence-corrected chi connectivity index (χ4v) is 1.04. The van der Waals surface area contributed by atoms with Crippen molar-refractivity contribution in [3.05, 3.63) is 36.0 Å². The number of carbonyl (C=O) groups excluding carboxylic acids is 1. The molecule has 0 heterocycles. The second-order valence-electron chi connectivity index (χ2n) is 2.90. The van der Waals surface area contributed by atoms with Crippen LogP contribution in [0.4, 0.5) is 0 Å². The Balaban J connectivity index is 2.49. The van der Waals surface area contributed by atoms with Crippen molar-refractivity contribution in [3.8, 4) is 0 Å². The molecule has 0 fully saturated rings. The molecule has 1 amide bonds. The molecule has 13 heavy (non-hydrogen) atoms. The summed E-state index contributed by atoms with van der Waals surface area (Å²) < 4.78 is 0. The Kier molecular flexibility index (Phi) is 3.46. The highest BCUT2D eigenvalue weighted by atomic mass is 16.1. The van der Waals surface area contributed by atoms with Crippen LogP contribution in [0.2, 0.25) is 0 Å². The van der Waals surface area contributed by atoms with Gasteiger partial charge in [-0.2, -0.15) is 0 Å². The first-order valence-electron chi connectivity index (χ1n) is 4.28. The van der Waals surface area contributed by atoms with Crippen molar-refractivity contribution < 1.29 is 4.79 Å². The topological polar surface area (TPSA) is 55.1 Å². The van der Waals surface area contributed by atoms with Crippen LogP contribution in [-0.4, -0.2) is 19.0 Å². The number of allylic oxidation sites excluding steroid dienone is 3. The van der Waals surface area contributed by atoms with Gasteiger partial charge in [0.1, 0.15) is 0 Å². The average Bonchev–Trinajstić information content (AvgIpc) is 2.15. The molecule has 1 aliphatic rings. The SMILES string of the molecule is C=C1C=CC(C(=O)NCCN)=CC1. The number of nitrogens with two attached hydrogens (primary N) is 1. The predicted octanol–water partition coefficient (Wildman–Crippen LogP) is 0.504. The van der Waals surface area contributed by atoms with Gasteiger partial charge in [-0.05, 0) is 12.5 Å². The zero-order valence-electron chi connectivity index (χ0n) is 7.55. The average molecular weight is 178 g/mol. The lowest BCUT2D eigenvalue weighted by atomic mass is 10.0. The van der Waals surface area contributed by atoms with Crippen molar-refractivity contribution in [2.24, 2.45) is 5.73 Å². The maximum atomic E-state index is 11.3. The lowest BCUT2D eigenvalue weighted by Gasteiger charge is -2.08. The first-order valence-corrected chi connectivity index (χ1v) is 4.28. The van der Waals surface area contributed by atoms with E-state index in [1.807, 2.05) is 12.2 Å². The summed E-state index contributed by atoms with van der Waals surface area (Å²) in [4.78, 5) is 11.3. The minimum absolute atomic E-state index is 0.0609. The number of carbonyl (C=O) groups is 1. The van der Waals surface area contributed by atoms with Crippen molar-refractivity contribution in [3.63, 3.8) is 0 Å². The Morgan fingerprint density at radius 1 is 1.62 bits per heavy atom. The smallest absolute Gasteiger partial charge is 0.251 e. The van der Waals surface area contributed by atoms with E-state index in [9.17, 15) is 4.79 Å². The van der Waals surface area contributed by atoms with Crippen LogP contribution in [0, 0.1) is 0 Å². The number of amides is 1. The molecule has 0 spiro atoms. The van der Waals surface area contributed by atoms with Gasteiger partial charge in [-0.15, -0.1) is 0 Å². The lowest BCUT2D eigenvalue weighted by Crippen LogP contribution is -2.30. The summed E-state index contributed by atoms with van der Waals surface area (Å²) in [6, 6.07) is 0. The molecule has 3 nitrogen and oxygen atoms in total. The summed E-state index contributed by atoms with van der Waals surface area (Å²) in [6.07, 6.45) is 6.26. The lowest BCUT2D eigenvalue weighted by molar-refractivity contribution is -0.117. The van der Waals surface area contributed by atoms with Crippen LogP contribution in [0.3, 0.4) is 0 Å². The predicted molar refractivity (Wildman–Crippen MR) is 53.0 cm³/mol. The summed E-state index contributed by atoms with van der Waals surface area (Å²) >= 11 is 0. The molecular weight excluding hydrogens is 164 g/mol. The molecule has 0 atom stereocenters. The maximum absolute atomic E-state index is 11.3. The van der Waals surface area contributed by atoms with E-state index in [4.69, 9.17) is 5.73 Å². The molecule has 0 aliphatic heterocycles. The van der Waals surface area contributed by atoms with Gasteiger partial charge in [0.05, 0.1) is 0 Å². The van der Waals surface area contributed by atoms with E-state index in [-0.39, 0.29) is 5.91 Å². The molecule has 1 aliphatic carbocycles. The van der Waals surface area contributed by atoms with Gasteiger partial charge in [-0.1, -0.05) is 24.3 Å². The number of hydrogen-bond acceptors (Lipinski definition) is 2. The van der Waals surface area contributed by atoms with Gasteiger partial charge in [-0.25, -0.2) is 0 Å². The van der Waals surface area contributed by atoms with Gasteiger partial charge in [-0.3, -0.25) is 4.79 Å². The second kappa shape index (κ2) is 4.62. The van der Waals surface area contributed by atoms with Crippen molar-refractivity contribution >= 4 is 5.91 Å². The second-order valence-corrected chi connectivity index (χ2v) is 2.90. The highest BCUT2D eigenvalue weighted by Gasteiger charge is 2.07. The van der Waals surface area contributed by atoms with Crippen LogP contribution in [0.5, 0.6) is 0 Å². The Labute approximate surface area is 78.0 Å². The standard InChI is InChI=1S/C10H14N2O/c1-8-2-4-9(5-3-8)10(13)12-7-6-11/h2,4-5H,1,3,6-7,11H2,(H,12,13). The molecule has 70 valence electrons. The first kappa shape index (κ1) is 9.74. The molecule has 0 saturated carbocycles. The first-order chi connectivity index (χ1) is 6.24. The van der Waals surface area contributed by atoms with E-state index < -0.39 is 0 Å². The molecule has 1 rings (SSSR count). The monoisotopic (exact) mass is 178 g/mol. The van der Waals surface area contributed by atoms with Crippen molar-refractivity contribution in [2.45, 2.75) is 6.42 Å². The molecule has 0 bridgehead atoms. The van der Waals surface area contributed by atoms with E-state index in [1.165, 1.54) is 0 Å². The molecule has 3 heteroatoms. The summed E-state index contributed by atoms with van der Waals surface area (Å²) in [5.41, 5.74) is 6.98. The Hall–Kier alpha value is -1.35. The van der Waals surface area contributed by atoms with Crippen molar-refractivity contribution in [2.75, 3.05) is 13.1 Å². The molecule has 0 unspecified atom stereocenters. The molecule has 0 radical (unpaired) electrons. The Bertz CT molecular complexity index is 277. The Morgan fingerprint density at radius 2 is 2.38 bits per heavy atom. The Morgan fingerprint density at radius 3 is 2.92 bits per heavy atom. The van der Waals surface area contributed by atoms with Gasteiger partial charge in [0.15, 0.2) is 0 Å². The van der Waals surface area contributed by atoms with E-state index in [1.54, 1.807) is 6.08 Å². The van der Waals surface area contributed by atoms with Crippen LogP contribution < -0.4 is 11.1 Å². The van der Waals surface area contributed by atoms with E-state index in [0.717, 1.165) is 12.0 Å². The number of hydrogen-bond donors (Lipinski definition) is 2. The molecule has 0 aromatic rings. The van der Waals surface area contributed by atoms with E-state index in [0.29, 0.717) is 18.7 Å². The number of rotatable bonds is 3. The largest absolute Gasteiger partial charge is 0.351 e. The molecule has 0 saturated heterocycles. The molecule has 0 aromatic heterocycles.